The Bertz CT molecular complexity index is 313. The lowest BCUT2D eigenvalue weighted by molar-refractivity contribution is 0.0689. The number of methoxy groups -OCH3 is 1. The Morgan fingerprint density at radius 1 is 1.75 bits per heavy atom. The molecule has 6 heteroatoms. The quantitative estimate of drug-likeness (QED) is 0.634. The third kappa shape index (κ3) is 1.42. The minimum Gasteiger partial charge on any atom is -0.478 e. The van der Waals surface area contributed by atoms with Crippen LogP contribution in [0.5, 0.6) is 5.88 Å². The Kier molecular flexibility index (Phi) is 2.09. The van der Waals surface area contributed by atoms with Crippen LogP contribution in [0.3, 0.4) is 0 Å². The number of hydrogen-bond donors (Lipinski definition) is 2. The number of carboxylic acid groups (broad SMARTS) is 1. The molecule has 0 bridgehead atoms. The Hall–Kier alpha value is -1.85. The van der Waals surface area contributed by atoms with E-state index in [4.69, 9.17) is 10.8 Å². The van der Waals surface area contributed by atoms with Gasteiger partial charge in [0.05, 0.1) is 13.3 Å². The van der Waals surface area contributed by atoms with Crippen molar-refractivity contribution in [2.75, 3.05) is 12.8 Å². The Morgan fingerprint density at radius 2 is 2.42 bits per heavy atom. The molecule has 0 fully saturated rings. The van der Waals surface area contributed by atoms with Gasteiger partial charge in [-0.25, -0.2) is 14.8 Å². The topological polar surface area (TPSA) is 98.3 Å². The fraction of sp³-hybridized carbons (Fsp3) is 0.167. The summed E-state index contributed by atoms with van der Waals surface area (Å²) in [5.41, 5.74) is 5.12. The molecule has 3 N–H and O–H groups in total. The van der Waals surface area contributed by atoms with E-state index in [0.29, 0.717) is 0 Å². The summed E-state index contributed by atoms with van der Waals surface area (Å²) in [4.78, 5) is 17.5. The number of anilines is 1. The first-order valence-electron chi connectivity index (χ1n) is 3.05. The average Bonchev–Trinajstić information content (AvgIpc) is 2.05. The number of nitrogens with two attached hydrogens (primary N) is 1. The lowest BCUT2D eigenvalue weighted by Gasteiger charge is -2.01. The van der Waals surface area contributed by atoms with Crippen LogP contribution in [0.15, 0.2) is 6.20 Å². The monoisotopic (exact) mass is 169 g/mol. The summed E-state index contributed by atoms with van der Waals surface area (Å²) < 4.78 is 4.67. The fourth-order valence-electron chi connectivity index (χ4n) is 0.635. The van der Waals surface area contributed by atoms with Gasteiger partial charge in [0.1, 0.15) is 0 Å². The number of carbonyl (C=O) groups is 1. The van der Waals surface area contributed by atoms with Crippen LogP contribution < -0.4 is 10.5 Å². The average molecular weight is 169 g/mol. The standard InChI is InChI=1S/C6H7N3O3/c1-12-5-4(7)8-2-3(9-5)6(10)11/h2H,1H3,(H2,7,8)(H,10,11). The second-order valence-electron chi connectivity index (χ2n) is 1.95. The molecule has 1 aromatic rings. The SMILES string of the molecule is COc1nc(C(=O)O)cnc1N. The Labute approximate surface area is 68.0 Å². The summed E-state index contributed by atoms with van der Waals surface area (Å²) in [6.07, 6.45) is 1.07. The van der Waals surface area contributed by atoms with Crippen molar-refractivity contribution in [1.82, 2.24) is 9.97 Å². The summed E-state index contributed by atoms with van der Waals surface area (Å²) in [6.45, 7) is 0. The molecule has 1 aromatic heterocycles. The first-order chi connectivity index (χ1) is 5.65. The molecule has 0 saturated heterocycles. The van der Waals surface area contributed by atoms with Gasteiger partial charge in [-0.2, -0.15) is 0 Å². The van der Waals surface area contributed by atoms with Crippen molar-refractivity contribution in [3.05, 3.63) is 11.9 Å². The van der Waals surface area contributed by atoms with Gasteiger partial charge in [-0.1, -0.05) is 0 Å². The van der Waals surface area contributed by atoms with Gasteiger partial charge in [0.15, 0.2) is 11.5 Å². The molecule has 0 aliphatic heterocycles. The van der Waals surface area contributed by atoms with Gasteiger partial charge in [-0.05, 0) is 0 Å². The molecule has 0 atom stereocenters. The highest BCUT2D eigenvalue weighted by Gasteiger charge is 2.09. The molecule has 0 aromatic carbocycles. The predicted molar refractivity (Wildman–Crippen MR) is 40.0 cm³/mol. The normalized spacial score (nSPS) is 9.42. The van der Waals surface area contributed by atoms with Crippen LogP contribution in [0, 0.1) is 0 Å². The number of hydrogen-bond acceptors (Lipinski definition) is 5. The second-order valence-corrected chi connectivity index (χ2v) is 1.95. The molecule has 0 unspecified atom stereocenters. The van der Waals surface area contributed by atoms with Crippen molar-refractivity contribution in [3.63, 3.8) is 0 Å². The predicted octanol–water partition coefficient (Wildman–Crippen LogP) is -0.234. The molecule has 12 heavy (non-hydrogen) atoms. The van der Waals surface area contributed by atoms with E-state index in [-0.39, 0.29) is 17.4 Å². The highest BCUT2D eigenvalue weighted by atomic mass is 16.5. The molecule has 64 valence electrons. The van der Waals surface area contributed by atoms with Crippen molar-refractivity contribution in [2.24, 2.45) is 0 Å². The van der Waals surface area contributed by atoms with Crippen molar-refractivity contribution >= 4 is 11.8 Å². The van der Waals surface area contributed by atoms with E-state index in [1.807, 2.05) is 0 Å². The number of aromatic carboxylic acids is 1. The molecule has 0 aliphatic rings. The zero-order valence-corrected chi connectivity index (χ0v) is 6.31. The zero-order chi connectivity index (χ0) is 9.14. The van der Waals surface area contributed by atoms with Crippen LogP contribution in [-0.4, -0.2) is 28.2 Å². The lowest BCUT2D eigenvalue weighted by atomic mass is 10.4. The summed E-state index contributed by atoms with van der Waals surface area (Å²) >= 11 is 0. The molecule has 1 heterocycles. The molecule has 0 amide bonds. The first kappa shape index (κ1) is 8.25. The summed E-state index contributed by atoms with van der Waals surface area (Å²) in [6, 6.07) is 0. The molecule has 0 saturated carbocycles. The zero-order valence-electron chi connectivity index (χ0n) is 6.31. The van der Waals surface area contributed by atoms with E-state index >= 15 is 0 Å². The van der Waals surface area contributed by atoms with Crippen LogP contribution >= 0.6 is 0 Å². The van der Waals surface area contributed by atoms with Crippen LogP contribution in [0.25, 0.3) is 0 Å². The minimum atomic E-state index is -1.17. The van der Waals surface area contributed by atoms with Crippen LogP contribution in [0.4, 0.5) is 5.82 Å². The van der Waals surface area contributed by atoms with Gasteiger partial charge in [0.25, 0.3) is 5.88 Å². The van der Waals surface area contributed by atoms with Crippen LogP contribution in [0.1, 0.15) is 10.5 Å². The maximum atomic E-state index is 10.4. The fourth-order valence-corrected chi connectivity index (χ4v) is 0.635. The van der Waals surface area contributed by atoms with Gasteiger partial charge in [0.2, 0.25) is 0 Å². The van der Waals surface area contributed by atoms with Crippen LogP contribution in [0.2, 0.25) is 0 Å². The van der Waals surface area contributed by atoms with E-state index in [0.717, 1.165) is 6.20 Å². The Morgan fingerprint density at radius 3 is 2.92 bits per heavy atom. The molecule has 0 aliphatic carbocycles. The van der Waals surface area contributed by atoms with Gasteiger partial charge in [0, 0.05) is 0 Å². The molecular weight excluding hydrogens is 162 g/mol. The summed E-state index contributed by atoms with van der Waals surface area (Å²) in [7, 11) is 1.34. The minimum absolute atomic E-state index is 0.0231. The second kappa shape index (κ2) is 3.04. The number of ether oxygens (including phenoxy) is 1. The first-order valence-corrected chi connectivity index (χ1v) is 3.05. The molecule has 6 nitrogen and oxygen atoms in total. The van der Waals surface area contributed by atoms with E-state index in [2.05, 4.69) is 14.7 Å². The van der Waals surface area contributed by atoms with Crippen molar-refractivity contribution < 1.29 is 14.6 Å². The number of nitrogen functional groups attached to an aromatic ring is 1. The lowest BCUT2D eigenvalue weighted by Crippen LogP contribution is -2.05. The highest BCUT2D eigenvalue weighted by molar-refractivity contribution is 5.85. The summed E-state index contributed by atoms with van der Waals surface area (Å²) in [5.74, 6) is -1.07. The van der Waals surface area contributed by atoms with Crippen LogP contribution in [-0.2, 0) is 0 Å². The van der Waals surface area contributed by atoms with Gasteiger partial charge >= 0.3 is 5.97 Å². The molecular formula is C6H7N3O3. The maximum absolute atomic E-state index is 10.4. The Balaban J connectivity index is 3.13. The third-order valence-corrected chi connectivity index (χ3v) is 1.18. The van der Waals surface area contributed by atoms with Crippen molar-refractivity contribution in [3.8, 4) is 5.88 Å². The maximum Gasteiger partial charge on any atom is 0.356 e. The molecule has 0 radical (unpaired) electrons. The number of aromatic nitrogens is 2. The number of carboxylic acids is 1. The van der Waals surface area contributed by atoms with Gasteiger partial charge in [-0.15, -0.1) is 0 Å². The van der Waals surface area contributed by atoms with Gasteiger partial charge in [-0.3, -0.25) is 0 Å². The van der Waals surface area contributed by atoms with E-state index in [9.17, 15) is 4.79 Å². The van der Waals surface area contributed by atoms with E-state index in [1.165, 1.54) is 7.11 Å². The smallest absolute Gasteiger partial charge is 0.356 e. The van der Waals surface area contributed by atoms with Crippen molar-refractivity contribution in [1.29, 1.82) is 0 Å². The van der Waals surface area contributed by atoms with Gasteiger partial charge < -0.3 is 15.6 Å². The number of rotatable bonds is 2. The van der Waals surface area contributed by atoms with E-state index < -0.39 is 5.97 Å². The summed E-state index contributed by atoms with van der Waals surface area (Å²) in [5, 5.41) is 8.50. The third-order valence-electron chi connectivity index (χ3n) is 1.18. The largest absolute Gasteiger partial charge is 0.478 e. The molecule has 0 spiro atoms. The number of nitrogens with zero attached hydrogens (tertiary/aromatic N) is 2. The van der Waals surface area contributed by atoms with Crippen molar-refractivity contribution in [2.45, 2.75) is 0 Å². The molecule has 1 rings (SSSR count). The van der Waals surface area contributed by atoms with E-state index in [1.54, 1.807) is 0 Å². The highest BCUT2D eigenvalue weighted by Crippen LogP contribution is 2.13.